The van der Waals surface area contributed by atoms with Gasteiger partial charge in [-0.2, -0.15) is 25.3 Å². The molecule has 0 atom stereocenters. The van der Waals surface area contributed by atoms with Crippen LogP contribution in [0.3, 0.4) is 0 Å². The van der Waals surface area contributed by atoms with Gasteiger partial charge in [0.15, 0.2) is 0 Å². The molecule has 74 valence electrons. The van der Waals surface area contributed by atoms with Gasteiger partial charge in [0.05, 0.1) is 4.58 Å². The predicted molar refractivity (Wildman–Crippen MR) is 61.6 cm³/mol. The highest BCUT2D eigenvalue weighted by atomic mass is 32.2. The van der Waals surface area contributed by atoms with Crippen molar-refractivity contribution in [2.45, 2.75) is 11.5 Å². The zero-order valence-electron chi connectivity index (χ0n) is 7.38. The number of thiol groups is 2. The van der Waals surface area contributed by atoms with Gasteiger partial charge in [0.2, 0.25) is 0 Å². The summed E-state index contributed by atoms with van der Waals surface area (Å²) in [5.74, 6) is 0.248. The summed E-state index contributed by atoms with van der Waals surface area (Å²) in [6.07, 6.45) is 0. The maximum atomic E-state index is 9.18. The zero-order chi connectivity index (χ0) is 10.3. The highest BCUT2D eigenvalue weighted by molar-refractivity contribution is 7.98. The van der Waals surface area contributed by atoms with E-state index >= 15 is 0 Å². The van der Waals surface area contributed by atoms with Gasteiger partial charge < -0.3 is 10.2 Å². The third-order valence-corrected chi connectivity index (χ3v) is 1.77. The van der Waals surface area contributed by atoms with Crippen LogP contribution in [0, 0.1) is 0 Å². The summed E-state index contributed by atoms with van der Waals surface area (Å²) in [6.45, 7) is 1.93. The van der Waals surface area contributed by atoms with Gasteiger partial charge in [0.25, 0.3) is 0 Å². The topological polar surface area (TPSA) is 40.5 Å². The second-order valence-corrected chi connectivity index (χ2v) is 3.69. The largest absolute Gasteiger partial charge is 0.508 e. The molecule has 4 heteroatoms. The van der Waals surface area contributed by atoms with Gasteiger partial charge in [0, 0.05) is 12.2 Å². The number of hydrogen-bond donors (Lipinski definition) is 4. The maximum Gasteiger partial charge on any atom is 0.120 e. The van der Waals surface area contributed by atoms with E-state index in [0.29, 0.717) is 0 Å². The number of benzene rings is 1. The van der Waals surface area contributed by atoms with E-state index in [4.69, 9.17) is 5.11 Å². The van der Waals surface area contributed by atoms with Crippen LogP contribution in [0.5, 0.6) is 5.75 Å². The molecule has 0 aliphatic carbocycles. The smallest absolute Gasteiger partial charge is 0.120 e. The molecule has 1 aromatic rings. The molecular weight excluding hydrogens is 204 g/mol. The van der Waals surface area contributed by atoms with Crippen molar-refractivity contribution in [2.75, 3.05) is 6.61 Å². The molecule has 2 N–H and O–H groups in total. The molecule has 0 bridgehead atoms. The Hall–Kier alpha value is -0.320. The van der Waals surface area contributed by atoms with Crippen molar-refractivity contribution < 1.29 is 10.2 Å². The molecular formula is C9H14O2S2. The minimum atomic E-state index is -0.207. The quantitative estimate of drug-likeness (QED) is 0.431. The number of para-hydroxylation sites is 1. The van der Waals surface area contributed by atoms with Crippen LogP contribution < -0.4 is 0 Å². The normalized spacial score (nSPS) is 9.31. The molecule has 1 aromatic carbocycles. The Morgan fingerprint density at radius 1 is 1.31 bits per heavy atom. The summed E-state index contributed by atoms with van der Waals surface area (Å²) in [6, 6.07) is 7.02. The minimum absolute atomic E-state index is 0.207. The Kier molecular flexibility index (Phi) is 6.94. The predicted octanol–water partition coefficient (Wildman–Crippen LogP) is 2.25. The van der Waals surface area contributed by atoms with Gasteiger partial charge in [-0.05, 0) is 13.0 Å². The molecule has 0 aliphatic heterocycles. The van der Waals surface area contributed by atoms with Crippen LogP contribution in [0.25, 0.3) is 0 Å². The number of aliphatic hydroxyl groups excluding tert-OH is 1. The lowest BCUT2D eigenvalue weighted by Gasteiger charge is -2.04. The molecule has 2 nitrogen and oxygen atoms in total. The van der Waals surface area contributed by atoms with E-state index < -0.39 is 0 Å². The number of rotatable bonds is 1. The molecule has 0 radical (unpaired) electrons. The van der Waals surface area contributed by atoms with Crippen molar-refractivity contribution >= 4 is 25.3 Å². The molecule has 0 fully saturated rings. The maximum absolute atomic E-state index is 9.18. The van der Waals surface area contributed by atoms with Crippen LogP contribution in [-0.4, -0.2) is 16.8 Å². The Morgan fingerprint density at radius 2 is 1.77 bits per heavy atom. The fraction of sp³-hybridized carbons (Fsp3) is 0.333. The first kappa shape index (κ1) is 12.7. The Morgan fingerprint density at radius 3 is 2.08 bits per heavy atom. The van der Waals surface area contributed by atoms with Crippen LogP contribution in [0.1, 0.15) is 17.1 Å². The highest BCUT2D eigenvalue weighted by Gasteiger charge is 2.03. The summed E-state index contributed by atoms with van der Waals surface area (Å²) in [4.78, 5) is 0. The number of aliphatic hydroxyl groups is 1. The number of phenolic OH excluding ortho intramolecular Hbond substituents is 1. The van der Waals surface area contributed by atoms with E-state index in [1.54, 1.807) is 25.1 Å². The van der Waals surface area contributed by atoms with E-state index in [9.17, 15) is 5.11 Å². The Balaban J connectivity index is 0.000000424. The van der Waals surface area contributed by atoms with Crippen molar-refractivity contribution in [1.82, 2.24) is 0 Å². The Bertz CT molecular complexity index is 239. The minimum Gasteiger partial charge on any atom is -0.508 e. The Labute approximate surface area is 89.4 Å². The van der Waals surface area contributed by atoms with Crippen LogP contribution >= 0.6 is 25.3 Å². The van der Waals surface area contributed by atoms with E-state index in [2.05, 4.69) is 25.3 Å². The van der Waals surface area contributed by atoms with Crippen molar-refractivity contribution in [3.8, 4) is 5.75 Å². The monoisotopic (exact) mass is 218 g/mol. The number of phenols is 1. The standard InChI is InChI=1S/C7H8OS2.C2H6O/c8-6-4-2-1-3-5(6)7(9)10;1-2-3/h1-4,7-10H;3H,2H2,1H3. The number of aromatic hydroxyl groups is 1. The van der Waals surface area contributed by atoms with Crippen molar-refractivity contribution in [2.24, 2.45) is 0 Å². The molecule has 0 saturated carbocycles. The van der Waals surface area contributed by atoms with Gasteiger partial charge in [-0.3, -0.25) is 0 Å². The first-order valence-corrected chi connectivity index (χ1v) is 4.91. The van der Waals surface area contributed by atoms with Crippen molar-refractivity contribution in [3.63, 3.8) is 0 Å². The van der Waals surface area contributed by atoms with Crippen LogP contribution in [0.2, 0.25) is 0 Å². The lowest BCUT2D eigenvalue weighted by molar-refractivity contribution is 0.318. The molecule has 0 heterocycles. The highest BCUT2D eigenvalue weighted by Crippen LogP contribution is 2.30. The molecule has 13 heavy (non-hydrogen) atoms. The molecule has 0 amide bonds. The summed E-state index contributed by atoms with van der Waals surface area (Å²) < 4.78 is -0.207. The van der Waals surface area contributed by atoms with E-state index in [0.717, 1.165) is 5.56 Å². The molecule has 0 spiro atoms. The molecule has 0 saturated heterocycles. The average Bonchev–Trinajstić information content (AvgIpc) is 2.06. The van der Waals surface area contributed by atoms with Crippen LogP contribution in [0.4, 0.5) is 0 Å². The van der Waals surface area contributed by atoms with Gasteiger partial charge in [-0.25, -0.2) is 0 Å². The summed E-state index contributed by atoms with van der Waals surface area (Å²) in [7, 11) is 0. The molecule has 0 aliphatic rings. The number of hydrogen-bond acceptors (Lipinski definition) is 4. The first-order valence-electron chi connectivity index (χ1n) is 3.88. The van der Waals surface area contributed by atoms with Crippen molar-refractivity contribution in [1.29, 1.82) is 0 Å². The summed E-state index contributed by atoms with van der Waals surface area (Å²) in [5.41, 5.74) is 0.745. The SMILES string of the molecule is CCO.Oc1ccccc1C(S)S. The first-order chi connectivity index (χ1) is 6.13. The third-order valence-electron chi connectivity index (χ3n) is 1.21. The van der Waals surface area contributed by atoms with Gasteiger partial charge >= 0.3 is 0 Å². The van der Waals surface area contributed by atoms with Gasteiger partial charge in [-0.1, -0.05) is 18.2 Å². The second kappa shape index (κ2) is 7.12. The summed E-state index contributed by atoms with van der Waals surface area (Å²) in [5, 5.41) is 16.8. The summed E-state index contributed by atoms with van der Waals surface area (Å²) >= 11 is 8.12. The average molecular weight is 218 g/mol. The third kappa shape index (κ3) is 5.08. The van der Waals surface area contributed by atoms with E-state index in [1.165, 1.54) is 0 Å². The lowest BCUT2D eigenvalue weighted by Crippen LogP contribution is -1.80. The van der Waals surface area contributed by atoms with Crippen molar-refractivity contribution in [3.05, 3.63) is 29.8 Å². The van der Waals surface area contributed by atoms with E-state index in [-0.39, 0.29) is 16.9 Å². The van der Waals surface area contributed by atoms with Gasteiger partial charge in [0.1, 0.15) is 5.75 Å². The molecule has 0 unspecified atom stereocenters. The van der Waals surface area contributed by atoms with Crippen LogP contribution in [-0.2, 0) is 0 Å². The van der Waals surface area contributed by atoms with E-state index in [1.807, 2.05) is 6.07 Å². The zero-order valence-corrected chi connectivity index (χ0v) is 9.17. The second-order valence-electron chi connectivity index (χ2n) is 2.25. The fourth-order valence-corrected chi connectivity index (χ4v) is 1.14. The van der Waals surface area contributed by atoms with Crippen LogP contribution in [0.15, 0.2) is 24.3 Å². The molecule has 1 rings (SSSR count). The van der Waals surface area contributed by atoms with Gasteiger partial charge in [-0.15, -0.1) is 0 Å². The fourth-order valence-electron chi connectivity index (χ4n) is 0.706. The lowest BCUT2D eigenvalue weighted by atomic mass is 10.2. The molecule has 0 aromatic heterocycles.